The van der Waals surface area contributed by atoms with E-state index in [-0.39, 0.29) is 16.1 Å². The molecule has 0 saturated carbocycles. The summed E-state index contributed by atoms with van der Waals surface area (Å²) in [6.07, 6.45) is 0. The Morgan fingerprint density at radius 2 is 1.81 bits per heavy atom. The molecule has 0 amide bonds. The Bertz CT molecular complexity index is 696. The zero-order valence-electron chi connectivity index (χ0n) is 11.5. The van der Waals surface area contributed by atoms with E-state index in [1.807, 2.05) is 0 Å². The molecule has 0 bridgehead atoms. The number of benzene rings is 1. The minimum Gasteiger partial charge on any atom is -0.475 e. The summed E-state index contributed by atoms with van der Waals surface area (Å²) in [7, 11) is 0. The van der Waals surface area contributed by atoms with Gasteiger partial charge in [0.05, 0.1) is 0 Å². The maximum Gasteiger partial charge on any atom is 0.373 e. The topological polar surface area (TPSA) is 63.3 Å². The van der Waals surface area contributed by atoms with E-state index < -0.39 is 34.3 Å². The summed E-state index contributed by atoms with van der Waals surface area (Å²) in [6.45, 7) is 5.19. The number of carboxylic acid groups (broad SMARTS) is 1. The minimum atomic E-state index is -1.34. The first-order valence-corrected chi connectivity index (χ1v) is 6.80. The van der Waals surface area contributed by atoms with Crippen LogP contribution in [-0.2, 0) is 5.41 Å². The number of halogens is 3. The summed E-state index contributed by atoms with van der Waals surface area (Å²) in [5, 5.41) is 9.14. The Labute approximate surface area is 127 Å². The lowest BCUT2D eigenvalue weighted by Gasteiger charge is -2.14. The number of rotatable bonds is 2. The molecular formula is C14H12BrF2NO3. The van der Waals surface area contributed by atoms with Crippen LogP contribution in [0.15, 0.2) is 21.0 Å². The predicted molar refractivity (Wildman–Crippen MR) is 75.2 cm³/mol. The lowest BCUT2D eigenvalue weighted by molar-refractivity contribution is 0.0659. The van der Waals surface area contributed by atoms with Gasteiger partial charge < -0.3 is 9.52 Å². The second kappa shape index (κ2) is 5.22. The van der Waals surface area contributed by atoms with Crippen molar-refractivity contribution in [3.05, 3.63) is 39.7 Å². The molecule has 0 spiro atoms. The highest BCUT2D eigenvalue weighted by atomic mass is 79.9. The van der Waals surface area contributed by atoms with Crippen LogP contribution in [-0.4, -0.2) is 16.1 Å². The molecule has 2 aromatic rings. The third kappa shape index (κ3) is 2.97. The maximum atomic E-state index is 13.9. The zero-order valence-corrected chi connectivity index (χ0v) is 13.1. The monoisotopic (exact) mass is 359 g/mol. The van der Waals surface area contributed by atoms with Crippen molar-refractivity contribution in [2.45, 2.75) is 26.2 Å². The van der Waals surface area contributed by atoms with Gasteiger partial charge in [-0.2, -0.15) is 0 Å². The Hall–Kier alpha value is -1.76. The fraction of sp³-hybridized carbons (Fsp3) is 0.286. The van der Waals surface area contributed by atoms with E-state index in [1.165, 1.54) is 0 Å². The molecule has 0 radical (unpaired) electrons. The third-order valence-corrected chi connectivity index (χ3v) is 3.21. The van der Waals surface area contributed by atoms with E-state index in [1.54, 1.807) is 20.8 Å². The predicted octanol–water partition coefficient (Wildman–Crippen LogP) is 4.38. The van der Waals surface area contributed by atoms with Crippen LogP contribution >= 0.6 is 15.9 Å². The number of nitrogens with zero attached hydrogens (tertiary/aromatic N) is 1. The smallest absolute Gasteiger partial charge is 0.373 e. The molecule has 0 saturated heterocycles. The van der Waals surface area contributed by atoms with Gasteiger partial charge in [-0.3, -0.25) is 0 Å². The van der Waals surface area contributed by atoms with Crippen LogP contribution in [0.1, 0.15) is 37.0 Å². The molecule has 112 valence electrons. The van der Waals surface area contributed by atoms with Crippen LogP contribution < -0.4 is 0 Å². The van der Waals surface area contributed by atoms with Crippen molar-refractivity contribution < 1.29 is 23.1 Å². The summed E-state index contributed by atoms with van der Waals surface area (Å²) < 4.78 is 33.1. The van der Waals surface area contributed by atoms with Crippen molar-refractivity contribution in [1.82, 2.24) is 4.98 Å². The summed E-state index contributed by atoms with van der Waals surface area (Å²) in [5.74, 6) is -3.92. The van der Waals surface area contributed by atoms with Crippen LogP contribution in [0.2, 0.25) is 0 Å². The standard InChI is InChI=1S/C14H12BrF2NO3/c1-14(2,3)11-10(13(19)20)21-12(18-11)9-7(16)4-6(15)5-8(9)17/h4-5H,1-3H3,(H,19,20). The second-order valence-electron chi connectivity index (χ2n) is 5.50. The average molecular weight is 360 g/mol. The van der Waals surface area contributed by atoms with Crippen LogP contribution in [0.5, 0.6) is 0 Å². The highest BCUT2D eigenvalue weighted by Crippen LogP contribution is 2.33. The van der Waals surface area contributed by atoms with Crippen LogP contribution in [0.3, 0.4) is 0 Å². The van der Waals surface area contributed by atoms with E-state index in [9.17, 15) is 13.6 Å². The molecule has 0 aliphatic carbocycles. The van der Waals surface area contributed by atoms with Crippen molar-refractivity contribution in [3.8, 4) is 11.5 Å². The van der Waals surface area contributed by atoms with Gasteiger partial charge in [-0.1, -0.05) is 36.7 Å². The van der Waals surface area contributed by atoms with E-state index in [2.05, 4.69) is 20.9 Å². The fourth-order valence-electron chi connectivity index (χ4n) is 1.83. The number of aromatic nitrogens is 1. The molecule has 2 rings (SSSR count). The third-order valence-electron chi connectivity index (χ3n) is 2.75. The van der Waals surface area contributed by atoms with Gasteiger partial charge in [-0.25, -0.2) is 18.6 Å². The van der Waals surface area contributed by atoms with Gasteiger partial charge in [0.25, 0.3) is 0 Å². The molecule has 0 aliphatic rings. The molecule has 0 fully saturated rings. The van der Waals surface area contributed by atoms with Crippen molar-refractivity contribution >= 4 is 21.9 Å². The molecule has 0 atom stereocenters. The number of carbonyl (C=O) groups is 1. The van der Waals surface area contributed by atoms with Gasteiger partial charge in [0.15, 0.2) is 0 Å². The molecular weight excluding hydrogens is 348 g/mol. The van der Waals surface area contributed by atoms with E-state index in [0.29, 0.717) is 0 Å². The van der Waals surface area contributed by atoms with Crippen molar-refractivity contribution in [2.75, 3.05) is 0 Å². The maximum absolute atomic E-state index is 13.9. The SMILES string of the molecule is CC(C)(C)c1nc(-c2c(F)cc(Br)cc2F)oc1C(=O)O. The highest BCUT2D eigenvalue weighted by Gasteiger charge is 2.30. The lowest BCUT2D eigenvalue weighted by atomic mass is 9.91. The number of hydrogen-bond acceptors (Lipinski definition) is 3. The zero-order chi connectivity index (χ0) is 15.9. The van der Waals surface area contributed by atoms with Gasteiger partial charge in [0.2, 0.25) is 11.7 Å². The Kier molecular flexibility index (Phi) is 3.88. The van der Waals surface area contributed by atoms with Crippen LogP contribution in [0, 0.1) is 11.6 Å². The van der Waals surface area contributed by atoms with Gasteiger partial charge in [0, 0.05) is 9.89 Å². The quantitative estimate of drug-likeness (QED) is 0.864. The highest BCUT2D eigenvalue weighted by molar-refractivity contribution is 9.10. The van der Waals surface area contributed by atoms with Crippen LogP contribution in [0.4, 0.5) is 8.78 Å². The van der Waals surface area contributed by atoms with Gasteiger partial charge in [-0.15, -0.1) is 0 Å². The number of carboxylic acids is 1. The van der Waals surface area contributed by atoms with Crippen molar-refractivity contribution in [3.63, 3.8) is 0 Å². The summed E-state index contributed by atoms with van der Waals surface area (Å²) in [4.78, 5) is 15.2. The molecule has 21 heavy (non-hydrogen) atoms. The fourth-order valence-corrected chi connectivity index (χ4v) is 2.23. The molecule has 1 N–H and O–H groups in total. The molecule has 1 heterocycles. The molecule has 0 unspecified atom stereocenters. The Morgan fingerprint density at radius 1 is 1.29 bits per heavy atom. The van der Waals surface area contributed by atoms with Crippen molar-refractivity contribution in [2.24, 2.45) is 0 Å². The molecule has 4 nitrogen and oxygen atoms in total. The molecule has 1 aromatic carbocycles. The van der Waals surface area contributed by atoms with Gasteiger partial charge >= 0.3 is 5.97 Å². The summed E-state index contributed by atoms with van der Waals surface area (Å²) in [5.41, 5.74) is -0.999. The van der Waals surface area contributed by atoms with E-state index >= 15 is 0 Å². The number of oxazole rings is 1. The first-order chi connectivity index (χ1) is 9.61. The summed E-state index contributed by atoms with van der Waals surface area (Å²) in [6, 6.07) is 2.11. The van der Waals surface area contributed by atoms with Crippen molar-refractivity contribution in [1.29, 1.82) is 0 Å². The van der Waals surface area contributed by atoms with E-state index in [4.69, 9.17) is 9.52 Å². The van der Waals surface area contributed by atoms with Gasteiger partial charge in [0.1, 0.15) is 22.9 Å². The summed E-state index contributed by atoms with van der Waals surface area (Å²) >= 11 is 2.97. The Balaban J connectivity index is 2.70. The van der Waals surface area contributed by atoms with Crippen LogP contribution in [0.25, 0.3) is 11.5 Å². The normalized spacial score (nSPS) is 11.7. The molecule has 7 heteroatoms. The lowest BCUT2D eigenvalue weighted by Crippen LogP contribution is -2.16. The first kappa shape index (κ1) is 15.6. The number of hydrogen-bond donors (Lipinski definition) is 1. The first-order valence-electron chi connectivity index (χ1n) is 6.00. The second-order valence-corrected chi connectivity index (χ2v) is 6.41. The molecule has 0 aliphatic heterocycles. The minimum absolute atomic E-state index is 0.131. The molecule has 1 aromatic heterocycles. The number of aromatic carboxylic acids is 1. The Morgan fingerprint density at radius 3 is 2.19 bits per heavy atom. The van der Waals surface area contributed by atoms with E-state index in [0.717, 1.165) is 12.1 Å². The van der Waals surface area contributed by atoms with Gasteiger partial charge in [-0.05, 0) is 12.1 Å². The largest absolute Gasteiger partial charge is 0.475 e. The average Bonchev–Trinajstić information content (AvgIpc) is 2.71.